The first-order chi connectivity index (χ1) is 8.24. The van der Waals surface area contributed by atoms with Crippen molar-refractivity contribution in [3.05, 3.63) is 12.7 Å². The predicted octanol–water partition coefficient (Wildman–Crippen LogP) is 2.95. The summed E-state index contributed by atoms with van der Waals surface area (Å²) in [5, 5.41) is 0. The molecule has 0 saturated heterocycles. The fourth-order valence-electron chi connectivity index (χ4n) is 2.84. The van der Waals surface area contributed by atoms with Gasteiger partial charge in [-0.1, -0.05) is 25.3 Å². The summed E-state index contributed by atoms with van der Waals surface area (Å²) in [6.45, 7) is 3.72. The fourth-order valence-corrected chi connectivity index (χ4v) is 2.84. The lowest BCUT2D eigenvalue weighted by atomic mass is 9.79. The van der Waals surface area contributed by atoms with Crippen LogP contribution in [-0.4, -0.2) is 26.3 Å². The van der Waals surface area contributed by atoms with Crippen LogP contribution < -0.4 is 0 Å². The smallest absolute Gasteiger partial charge is 0.311 e. The Morgan fingerprint density at radius 1 is 1.35 bits per heavy atom. The van der Waals surface area contributed by atoms with E-state index in [4.69, 9.17) is 9.47 Å². The molecule has 1 saturated carbocycles. The van der Waals surface area contributed by atoms with E-state index in [1.165, 1.54) is 26.4 Å². The summed E-state index contributed by atoms with van der Waals surface area (Å²) in [6, 6.07) is 0. The van der Waals surface area contributed by atoms with Crippen molar-refractivity contribution < 1.29 is 14.3 Å². The lowest BCUT2D eigenvalue weighted by Crippen LogP contribution is -2.37. The van der Waals surface area contributed by atoms with Crippen LogP contribution in [0.1, 0.15) is 38.5 Å². The van der Waals surface area contributed by atoms with E-state index in [2.05, 4.69) is 6.58 Å². The van der Waals surface area contributed by atoms with Gasteiger partial charge in [0.15, 0.2) is 0 Å². The maximum atomic E-state index is 11.8. The molecule has 0 spiro atoms. The SMILES string of the molecule is C=CC[C@H](C(=O)OC)[C@@H](OC)C1CCCCC1. The van der Waals surface area contributed by atoms with Crippen molar-refractivity contribution in [2.75, 3.05) is 14.2 Å². The van der Waals surface area contributed by atoms with E-state index in [1.54, 1.807) is 13.2 Å². The van der Waals surface area contributed by atoms with Gasteiger partial charge in [-0.25, -0.2) is 0 Å². The van der Waals surface area contributed by atoms with Crippen molar-refractivity contribution in [2.24, 2.45) is 11.8 Å². The first-order valence-electron chi connectivity index (χ1n) is 6.46. The molecule has 0 aromatic rings. The largest absolute Gasteiger partial charge is 0.469 e. The standard InChI is InChI=1S/C14H24O3/c1-4-8-12(14(15)17-3)13(16-2)11-9-6-5-7-10-11/h4,11-13H,1,5-10H2,2-3H3/t12-,13-/m0/s1. The maximum Gasteiger partial charge on any atom is 0.311 e. The molecule has 0 heterocycles. The molecule has 3 nitrogen and oxygen atoms in total. The average molecular weight is 240 g/mol. The van der Waals surface area contributed by atoms with Crippen LogP contribution in [0.2, 0.25) is 0 Å². The Balaban J connectivity index is 2.71. The van der Waals surface area contributed by atoms with Crippen LogP contribution in [0.25, 0.3) is 0 Å². The second-order valence-corrected chi connectivity index (χ2v) is 4.75. The summed E-state index contributed by atoms with van der Waals surface area (Å²) in [7, 11) is 3.13. The highest BCUT2D eigenvalue weighted by molar-refractivity contribution is 5.73. The molecule has 1 aliphatic carbocycles. The molecule has 1 aliphatic rings. The zero-order valence-corrected chi connectivity index (χ0v) is 11.0. The molecule has 0 bridgehead atoms. The van der Waals surface area contributed by atoms with Gasteiger partial charge in [-0.3, -0.25) is 4.79 Å². The first kappa shape index (κ1) is 14.2. The van der Waals surface area contributed by atoms with Gasteiger partial charge >= 0.3 is 5.97 Å². The summed E-state index contributed by atoms with van der Waals surface area (Å²) in [6.07, 6.45) is 8.47. The molecule has 0 aliphatic heterocycles. The highest BCUT2D eigenvalue weighted by Gasteiger charge is 2.34. The quantitative estimate of drug-likeness (QED) is 0.529. The minimum atomic E-state index is -0.203. The van der Waals surface area contributed by atoms with Gasteiger partial charge in [-0.05, 0) is 25.2 Å². The van der Waals surface area contributed by atoms with E-state index in [1.807, 2.05) is 0 Å². The Kier molecular flexibility index (Phi) is 6.27. The van der Waals surface area contributed by atoms with Gasteiger partial charge < -0.3 is 9.47 Å². The molecule has 0 aromatic heterocycles. The van der Waals surface area contributed by atoms with Gasteiger partial charge in [-0.2, -0.15) is 0 Å². The highest BCUT2D eigenvalue weighted by atomic mass is 16.5. The minimum absolute atomic E-state index is 0.0271. The number of carbonyl (C=O) groups excluding carboxylic acids is 1. The molecular weight excluding hydrogens is 216 g/mol. The number of hydrogen-bond donors (Lipinski definition) is 0. The van der Waals surface area contributed by atoms with Crippen LogP contribution in [0.3, 0.4) is 0 Å². The normalized spacial score (nSPS) is 20.6. The maximum absolute atomic E-state index is 11.8. The van der Waals surface area contributed by atoms with E-state index >= 15 is 0 Å². The van der Waals surface area contributed by atoms with E-state index in [9.17, 15) is 4.79 Å². The molecule has 2 atom stereocenters. The van der Waals surface area contributed by atoms with Gasteiger partial charge in [0.05, 0.1) is 19.1 Å². The number of allylic oxidation sites excluding steroid dienone is 1. The van der Waals surface area contributed by atoms with E-state index in [-0.39, 0.29) is 18.0 Å². The Morgan fingerprint density at radius 2 is 2.00 bits per heavy atom. The van der Waals surface area contributed by atoms with Gasteiger partial charge in [0.25, 0.3) is 0 Å². The molecule has 0 radical (unpaired) electrons. The lowest BCUT2D eigenvalue weighted by molar-refractivity contribution is -0.152. The molecule has 0 amide bonds. The van der Waals surface area contributed by atoms with Crippen LogP contribution in [0, 0.1) is 11.8 Å². The monoisotopic (exact) mass is 240 g/mol. The topological polar surface area (TPSA) is 35.5 Å². The molecule has 3 heteroatoms. The van der Waals surface area contributed by atoms with Gasteiger partial charge in [0.1, 0.15) is 0 Å². The Labute approximate surface area is 104 Å². The van der Waals surface area contributed by atoms with Crippen LogP contribution in [0.5, 0.6) is 0 Å². The molecule has 17 heavy (non-hydrogen) atoms. The van der Waals surface area contributed by atoms with Crippen molar-refractivity contribution in [1.82, 2.24) is 0 Å². The average Bonchev–Trinajstić information content (AvgIpc) is 2.39. The number of hydrogen-bond acceptors (Lipinski definition) is 3. The molecular formula is C14H24O3. The van der Waals surface area contributed by atoms with Crippen molar-refractivity contribution in [2.45, 2.75) is 44.6 Å². The molecule has 0 aromatic carbocycles. The van der Waals surface area contributed by atoms with Crippen molar-refractivity contribution >= 4 is 5.97 Å². The Hall–Kier alpha value is -0.830. The minimum Gasteiger partial charge on any atom is -0.469 e. The lowest BCUT2D eigenvalue weighted by Gasteiger charge is -2.33. The highest BCUT2D eigenvalue weighted by Crippen LogP contribution is 2.32. The van der Waals surface area contributed by atoms with Gasteiger partial charge in [-0.15, -0.1) is 6.58 Å². The van der Waals surface area contributed by atoms with E-state index in [0.717, 1.165) is 12.8 Å². The van der Waals surface area contributed by atoms with Crippen LogP contribution in [0.4, 0.5) is 0 Å². The number of rotatable bonds is 6. The van der Waals surface area contributed by atoms with Crippen molar-refractivity contribution in [1.29, 1.82) is 0 Å². The number of esters is 1. The summed E-state index contributed by atoms with van der Waals surface area (Å²) in [5.41, 5.74) is 0. The summed E-state index contributed by atoms with van der Waals surface area (Å²) < 4.78 is 10.5. The Bertz CT molecular complexity index is 244. The second-order valence-electron chi connectivity index (χ2n) is 4.75. The number of ether oxygens (including phenoxy) is 2. The zero-order chi connectivity index (χ0) is 12.7. The van der Waals surface area contributed by atoms with Gasteiger partial charge in [0, 0.05) is 7.11 Å². The number of methoxy groups -OCH3 is 2. The predicted molar refractivity (Wildman–Crippen MR) is 67.7 cm³/mol. The van der Waals surface area contributed by atoms with Crippen molar-refractivity contribution in [3.8, 4) is 0 Å². The zero-order valence-electron chi connectivity index (χ0n) is 11.0. The summed E-state index contributed by atoms with van der Waals surface area (Å²) in [5.74, 6) is 0.103. The Morgan fingerprint density at radius 3 is 2.47 bits per heavy atom. The van der Waals surface area contributed by atoms with Crippen LogP contribution in [-0.2, 0) is 14.3 Å². The molecule has 0 unspecified atom stereocenters. The third kappa shape index (κ3) is 3.84. The van der Waals surface area contributed by atoms with Gasteiger partial charge in [0.2, 0.25) is 0 Å². The summed E-state index contributed by atoms with van der Waals surface area (Å²) >= 11 is 0. The second kappa shape index (κ2) is 7.49. The third-order valence-electron chi connectivity index (χ3n) is 3.71. The number of carbonyl (C=O) groups is 1. The third-order valence-corrected chi connectivity index (χ3v) is 3.71. The molecule has 1 rings (SSSR count). The fraction of sp³-hybridized carbons (Fsp3) is 0.786. The molecule has 98 valence electrons. The van der Waals surface area contributed by atoms with E-state index < -0.39 is 0 Å². The van der Waals surface area contributed by atoms with Crippen LogP contribution in [0.15, 0.2) is 12.7 Å². The van der Waals surface area contributed by atoms with E-state index in [0.29, 0.717) is 12.3 Å². The molecule has 0 N–H and O–H groups in total. The van der Waals surface area contributed by atoms with Crippen molar-refractivity contribution in [3.63, 3.8) is 0 Å². The van der Waals surface area contributed by atoms with Crippen LogP contribution >= 0.6 is 0 Å². The molecule has 1 fully saturated rings. The first-order valence-corrected chi connectivity index (χ1v) is 6.46. The summed E-state index contributed by atoms with van der Waals surface area (Å²) in [4.78, 5) is 11.8.